The van der Waals surface area contributed by atoms with E-state index in [0.29, 0.717) is 36.4 Å². The highest BCUT2D eigenvalue weighted by molar-refractivity contribution is 5.76. The molecular weight excluding hydrogens is 376 g/mol. The largest absolute Gasteiger partial charge is 0.493 e. The van der Waals surface area contributed by atoms with Crippen molar-refractivity contribution in [2.45, 2.75) is 32.9 Å². The Labute approximate surface area is 180 Å². The van der Waals surface area contributed by atoms with Gasteiger partial charge in [-0.15, -0.1) is 0 Å². The Balaban J connectivity index is 1.51. The van der Waals surface area contributed by atoms with E-state index in [0.717, 1.165) is 19.6 Å². The maximum absolute atomic E-state index is 12.9. The number of rotatable bonds is 8. The lowest BCUT2D eigenvalue weighted by molar-refractivity contribution is -0.136. The predicted molar refractivity (Wildman–Crippen MR) is 120 cm³/mol. The minimum atomic E-state index is 0.130. The quantitative estimate of drug-likeness (QED) is 0.658. The number of hydrogen-bond donors (Lipinski definition) is 0. The lowest BCUT2D eigenvalue weighted by Gasteiger charge is -2.45. The van der Waals surface area contributed by atoms with Crippen LogP contribution in [-0.2, 0) is 11.3 Å². The number of methoxy groups -OCH3 is 1. The molecule has 0 spiro atoms. The zero-order valence-corrected chi connectivity index (χ0v) is 18.6. The van der Waals surface area contributed by atoms with E-state index >= 15 is 0 Å². The van der Waals surface area contributed by atoms with Crippen LogP contribution in [0.2, 0.25) is 0 Å². The monoisotopic (exact) mass is 410 g/mol. The van der Waals surface area contributed by atoms with Crippen molar-refractivity contribution in [1.82, 2.24) is 9.80 Å². The SMILES string of the molecule is COc1ccccc1OCCC(=O)N(C)C1[C@@H](C)CN(Cc2ccccc2)C[C@@H]1C. The number of likely N-dealkylation sites (tertiary alicyclic amines) is 1. The topological polar surface area (TPSA) is 42.0 Å². The summed E-state index contributed by atoms with van der Waals surface area (Å²) in [5.74, 6) is 2.32. The first-order chi connectivity index (χ1) is 14.5. The molecule has 2 atom stereocenters. The molecule has 1 saturated heterocycles. The van der Waals surface area contributed by atoms with E-state index in [4.69, 9.17) is 9.47 Å². The smallest absolute Gasteiger partial charge is 0.226 e. The van der Waals surface area contributed by atoms with Gasteiger partial charge in [0.05, 0.1) is 20.1 Å². The van der Waals surface area contributed by atoms with Crippen LogP contribution in [0.3, 0.4) is 0 Å². The van der Waals surface area contributed by atoms with E-state index in [1.807, 2.05) is 36.2 Å². The molecule has 2 aromatic carbocycles. The van der Waals surface area contributed by atoms with Crippen LogP contribution >= 0.6 is 0 Å². The number of carbonyl (C=O) groups excluding carboxylic acids is 1. The molecule has 1 aliphatic heterocycles. The first kappa shape index (κ1) is 22.2. The Morgan fingerprint density at radius 3 is 2.23 bits per heavy atom. The van der Waals surface area contributed by atoms with Crippen LogP contribution in [0.15, 0.2) is 54.6 Å². The Morgan fingerprint density at radius 2 is 1.60 bits per heavy atom. The molecule has 0 saturated carbocycles. The number of hydrogen-bond acceptors (Lipinski definition) is 4. The fraction of sp³-hybridized carbons (Fsp3) is 0.480. The average molecular weight is 411 g/mol. The summed E-state index contributed by atoms with van der Waals surface area (Å²) in [6.45, 7) is 7.82. The molecule has 0 radical (unpaired) electrons. The molecule has 0 N–H and O–H groups in total. The highest BCUT2D eigenvalue weighted by Gasteiger charge is 2.36. The van der Waals surface area contributed by atoms with Gasteiger partial charge >= 0.3 is 0 Å². The lowest BCUT2D eigenvalue weighted by Crippen LogP contribution is -2.55. The van der Waals surface area contributed by atoms with E-state index in [2.05, 4.69) is 49.1 Å². The van der Waals surface area contributed by atoms with Crippen molar-refractivity contribution in [2.24, 2.45) is 11.8 Å². The summed E-state index contributed by atoms with van der Waals surface area (Å²) in [5.41, 5.74) is 1.34. The molecule has 1 heterocycles. The minimum Gasteiger partial charge on any atom is -0.493 e. The van der Waals surface area contributed by atoms with Gasteiger partial charge in [-0.1, -0.05) is 56.3 Å². The molecule has 5 nitrogen and oxygen atoms in total. The first-order valence-corrected chi connectivity index (χ1v) is 10.8. The minimum absolute atomic E-state index is 0.130. The zero-order valence-electron chi connectivity index (χ0n) is 18.6. The predicted octanol–water partition coefficient (Wildman–Crippen LogP) is 4.08. The van der Waals surface area contributed by atoms with Gasteiger partial charge in [0.15, 0.2) is 11.5 Å². The normalized spacial score (nSPS) is 20.0. The van der Waals surface area contributed by atoms with Crippen molar-refractivity contribution in [3.8, 4) is 11.5 Å². The van der Waals surface area contributed by atoms with Gasteiger partial charge in [-0.3, -0.25) is 9.69 Å². The molecule has 3 rings (SSSR count). The summed E-state index contributed by atoms with van der Waals surface area (Å²) in [6, 6.07) is 18.4. The van der Waals surface area contributed by atoms with Gasteiger partial charge < -0.3 is 14.4 Å². The van der Waals surface area contributed by atoms with Gasteiger partial charge in [0, 0.05) is 32.7 Å². The highest BCUT2D eigenvalue weighted by Crippen LogP contribution is 2.28. The Morgan fingerprint density at radius 1 is 1.00 bits per heavy atom. The maximum Gasteiger partial charge on any atom is 0.226 e. The lowest BCUT2D eigenvalue weighted by atomic mass is 9.84. The summed E-state index contributed by atoms with van der Waals surface area (Å²) in [5, 5.41) is 0. The van der Waals surface area contributed by atoms with E-state index < -0.39 is 0 Å². The molecule has 0 aliphatic carbocycles. The first-order valence-electron chi connectivity index (χ1n) is 10.8. The van der Waals surface area contributed by atoms with Crippen LogP contribution in [0, 0.1) is 11.8 Å². The number of para-hydroxylation sites is 2. The second-order valence-electron chi connectivity index (χ2n) is 8.38. The summed E-state index contributed by atoms with van der Waals surface area (Å²) >= 11 is 0. The van der Waals surface area contributed by atoms with Crippen LogP contribution in [0.5, 0.6) is 11.5 Å². The Hall–Kier alpha value is -2.53. The van der Waals surface area contributed by atoms with Crippen molar-refractivity contribution in [3.05, 3.63) is 60.2 Å². The molecule has 0 bridgehead atoms. The molecule has 5 heteroatoms. The summed E-state index contributed by atoms with van der Waals surface area (Å²) in [4.78, 5) is 17.3. The van der Waals surface area contributed by atoms with E-state index in [-0.39, 0.29) is 11.9 Å². The van der Waals surface area contributed by atoms with Crippen LogP contribution in [0.25, 0.3) is 0 Å². The fourth-order valence-corrected chi connectivity index (χ4v) is 4.73. The summed E-state index contributed by atoms with van der Waals surface area (Å²) in [6.07, 6.45) is 0.359. The summed E-state index contributed by atoms with van der Waals surface area (Å²) in [7, 11) is 3.56. The van der Waals surface area contributed by atoms with Crippen molar-refractivity contribution in [1.29, 1.82) is 0 Å². The second kappa shape index (κ2) is 10.5. The molecule has 30 heavy (non-hydrogen) atoms. The van der Waals surface area contributed by atoms with Gasteiger partial charge in [0.1, 0.15) is 0 Å². The molecule has 0 unspecified atom stereocenters. The zero-order chi connectivity index (χ0) is 21.5. The molecule has 2 aromatic rings. The van der Waals surface area contributed by atoms with Gasteiger partial charge in [-0.2, -0.15) is 0 Å². The molecule has 162 valence electrons. The maximum atomic E-state index is 12.9. The van der Waals surface area contributed by atoms with Gasteiger partial charge in [-0.05, 0) is 29.5 Å². The Bertz CT molecular complexity index is 799. The number of nitrogens with zero attached hydrogens (tertiary/aromatic N) is 2. The van der Waals surface area contributed by atoms with E-state index in [1.54, 1.807) is 7.11 Å². The molecule has 1 aliphatic rings. The summed E-state index contributed by atoms with van der Waals surface area (Å²) < 4.78 is 11.1. The fourth-order valence-electron chi connectivity index (χ4n) is 4.73. The Kier molecular flexibility index (Phi) is 7.75. The molecule has 1 fully saturated rings. The van der Waals surface area contributed by atoms with Crippen LogP contribution in [0.4, 0.5) is 0 Å². The number of benzene rings is 2. The number of ether oxygens (including phenoxy) is 2. The third-order valence-electron chi connectivity index (χ3n) is 5.99. The average Bonchev–Trinajstić information content (AvgIpc) is 2.74. The van der Waals surface area contributed by atoms with Crippen molar-refractivity contribution >= 4 is 5.91 Å². The van der Waals surface area contributed by atoms with E-state index in [1.165, 1.54) is 5.56 Å². The van der Waals surface area contributed by atoms with Crippen molar-refractivity contribution in [2.75, 3.05) is 33.9 Å². The molecular formula is C25H34N2O3. The van der Waals surface area contributed by atoms with E-state index in [9.17, 15) is 4.79 Å². The standard InChI is InChI=1S/C25H34N2O3/c1-19-16-27(18-21-10-6-5-7-11-21)17-20(2)25(19)26(3)24(28)14-15-30-23-13-9-8-12-22(23)29-4/h5-13,19-20,25H,14-18H2,1-4H3/t19-,20-/m0/s1. The molecule has 0 aromatic heterocycles. The van der Waals surface area contributed by atoms with Crippen molar-refractivity contribution in [3.63, 3.8) is 0 Å². The van der Waals surface area contributed by atoms with Gasteiger partial charge in [0.25, 0.3) is 0 Å². The van der Waals surface area contributed by atoms with Crippen LogP contribution < -0.4 is 9.47 Å². The van der Waals surface area contributed by atoms with Crippen molar-refractivity contribution < 1.29 is 14.3 Å². The van der Waals surface area contributed by atoms with Gasteiger partial charge in [-0.25, -0.2) is 0 Å². The number of amides is 1. The second-order valence-corrected chi connectivity index (χ2v) is 8.38. The number of piperidine rings is 1. The third-order valence-corrected chi connectivity index (χ3v) is 5.99. The number of carbonyl (C=O) groups is 1. The van der Waals surface area contributed by atoms with Crippen LogP contribution in [0.1, 0.15) is 25.8 Å². The molecule has 1 amide bonds. The van der Waals surface area contributed by atoms with Crippen LogP contribution in [-0.4, -0.2) is 55.6 Å². The third kappa shape index (κ3) is 5.54. The highest BCUT2D eigenvalue weighted by atomic mass is 16.5. The van der Waals surface area contributed by atoms with Gasteiger partial charge in [0.2, 0.25) is 5.91 Å².